The molecule has 0 atom stereocenters. The maximum Gasteiger partial charge on any atom is 0.239 e. The Labute approximate surface area is 137 Å². The van der Waals surface area contributed by atoms with Gasteiger partial charge in [0, 0.05) is 18.8 Å². The molecule has 1 aromatic rings. The number of carbonyl (C=O) groups excluding carboxylic acids is 2. The molecule has 0 saturated carbocycles. The number of hydrogen-bond donors (Lipinski definition) is 4. The zero-order valence-electron chi connectivity index (χ0n) is 11.6. The van der Waals surface area contributed by atoms with E-state index in [-0.39, 0.29) is 49.7 Å². The van der Waals surface area contributed by atoms with Gasteiger partial charge in [-0.1, -0.05) is 18.2 Å². The van der Waals surface area contributed by atoms with Crippen LogP contribution < -0.4 is 21.7 Å². The normalized spacial score (nSPS) is 8.81. The number of nitrogens with two attached hydrogens (primary N) is 1. The molecule has 120 valence electrons. The third-order valence-electron chi connectivity index (χ3n) is 2.41. The van der Waals surface area contributed by atoms with E-state index in [0.29, 0.717) is 6.54 Å². The number of para-hydroxylation sites is 1. The zero-order chi connectivity index (χ0) is 13.9. The fourth-order valence-electron chi connectivity index (χ4n) is 1.42. The highest BCUT2D eigenvalue weighted by Gasteiger charge is 2.02. The largest absolute Gasteiger partial charge is 0.385 e. The Hall–Kier alpha value is -1.50. The van der Waals surface area contributed by atoms with Gasteiger partial charge in [-0.3, -0.25) is 9.59 Å². The first-order chi connectivity index (χ1) is 9.22. The van der Waals surface area contributed by atoms with Gasteiger partial charge in [0.25, 0.3) is 0 Å². The molecule has 0 heterocycles. The summed E-state index contributed by atoms with van der Waals surface area (Å²) in [7, 11) is 0. The maximum absolute atomic E-state index is 11.3. The van der Waals surface area contributed by atoms with Crippen LogP contribution in [0.4, 0.5) is 5.69 Å². The summed E-state index contributed by atoms with van der Waals surface area (Å²) in [4.78, 5) is 22.1. The Morgan fingerprint density at radius 1 is 0.952 bits per heavy atom. The van der Waals surface area contributed by atoms with Crippen LogP contribution in [0.25, 0.3) is 0 Å². The Kier molecular flexibility index (Phi) is 14.0. The molecule has 21 heavy (non-hydrogen) atoms. The summed E-state index contributed by atoms with van der Waals surface area (Å²) in [5, 5.41) is 8.36. The molecule has 0 radical (unpaired) electrons. The highest BCUT2D eigenvalue weighted by molar-refractivity contribution is 5.86. The molecule has 0 bridgehead atoms. The number of rotatable bonds is 8. The maximum atomic E-state index is 11.3. The van der Waals surface area contributed by atoms with Crippen molar-refractivity contribution in [2.45, 2.75) is 6.42 Å². The number of hydrogen-bond acceptors (Lipinski definition) is 4. The molecule has 0 fully saturated rings. The molecule has 2 amide bonds. The highest BCUT2D eigenvalue weighted by Crippen LogP contribution is 2.03. The van der Waals surface area contributed by atoms with Crippen LogP contribution in [-0.4, -0.2) is 38.0 Å². The van der Waals surface area contributed by atoms with Crippen LogP contribution >= 0.6 is 24.8 Å². The summed E-state index contributed by atoms with van der Waals surface area (Å²) < 4.78 is 0. The van der Waals surface area contributed by atoms with E-state index in [1.165, 1.54) is 0 Å². The van der Waals surface area contributed by atoms with Crippen molar-refractivity contribution in [3.8, 4) is 0 Å². The number of nitrogens with one attached hydrogen (secondary N) is 3. The predicted octanol–water partition coefficient (Wildman–Crippen LogP) is 0.523. The summed E-state index contributed by atoms with van der Waals surface area (Å²) in [6.07, 6.45) is 0.811. The molecule has 1 rings (SSSR count). The van der Waals surface area contributed by atoms with Crippen LogP contribution in [0.15, 0.2) is 30.3 Å². The molecule has 0 spiro atoms. The van der Waals surface area contributed by atoms with Gasteiger partial charge in [0.05, 0.1) is 13.1 Å². The molecule has 0 aliphatic rings. The van der Waals surface area contributed by atoms with E-state index in [1.807, 2.05) is 30.3 Å². The van der Waals surface area contributed by atoms with Gasteiger partial charge in [-0.15, -0.1) is 24.8 Å². The predicted molar refractivity (Wildman–Crippen MR) is 89.1 cm³/mol. The van der Waals surface area contributed by atoms with Crippen LogP contribution in [0.5, 0.6) is 0 Å². The standard InChI is InChI=1S/C13H20N4O2.2ClH/c14-9-12(18)17-10-13(19)16-8-4-7-15-11-5-2-1-3-6-11;;/h1-3,5-6,15H,4,7-10,14H2,(H,16,19)(H,17,18);2*1H. The number of halogens is 2. The SMILES string of the molecule is Cl.Cl.NCC(=O)NCC(=O)NCCCNc1ccccc1. The van der Waals surface area contributed by atoms with Gasteiger partial charge in [-0.2, -0.15) is 0 Å². The molecule has 0 aromatic heterocycles. The third-order valence-corrected chi connectivity index (χ3v) is 2.41. The van der Waals surface area contributed by atoms with Crippen LogP contribution in [0, 0.1) is 0 Å². The summed E-state index contributed by atoms with van der Waals surface area (Å²) in [6, 6.07) is 9.86. The second kappa shape index (κ2) is 13.5. The average Bonchev–Trinajstić information content (AvgIpc) is 2.45. The minimum atomic E-state index is -0.333. The zero-order valence-corrected chi connectivity index (χ0v) is 13.3. The lowest BCUT2D eigenvalue weighted by molar-refractivity contribution is -0.125. The molecule has 5 N–H and O–H groups in total. The van der Waals surface area contributed by atoms with Gasteiger partial charge in [0.15, 0.2) is 0 Å². The first-order valence-electron chi connectivity index (χ1n) is 6.24. The van der Waals surface area contributed by atoms with Gasteiger partial charge < -0.3 is 21.7 Å². The van der Waals surface area contributed by atoms with Crippen molar-refractivity contribution in [2.24, 2.45) is 5.73 Å². The van der Waals surface area contributed by atoms with E-state index >= 15 is 0 Å². The van der Waals surface area contributed by atoms with Crippen molar-refractivity contribution in [2.75, 3.05) is 31.5 Å². The monoisotopic (exact) mass is 336 g/mol. The lowest BCUT2D eigenvalue weighted by Gasteiger charge is -2.08. The molecular weight excluding hydrogens is 315 g/mol. The topological polar surface area (TPSA) is 96.2 Å². The van der Waals surface area contributed by atoms with E-state index in [0.717, 1.165) is 18.7 Å². The molecule has 0 unspecified atom stereocenters. The number of anilines is 1. The van der Waals surface area contributed by atoms with Gasteiger partial charge in [-0.25, -0.2) is 0 Å². The fourth-order valence-corrected chi connectivity index (χ4v) is 1.42. The minimum Gasteiger partial charge on any atom is -0.385 e. The van der Waals surface area contributed by atoms with E-state index in [9.17, 15) is 9.59 Å². The molecule has 1 aromatic carbocycles. The van der Waals surface area contributed by atoms with Crippen molar-refractivity contribution >= 4 is 42.3 Å². The fraction of sp³-hybridized carbons (Fsp3) is 0.385. The summed E-state index contributed by atoms with van der Waals surface area (Å²) in [5.74, 6) is -0.539. The van der Waals surface area contributed by atoms with Crippen molar-refractivity contribution in [1.82, 2.24) is 10.6 Å². The molecule has 6 nitrogen and oxygen atoms in total. The van der Waals surface area contributed by atoms with Crippen molar-refractivity contribution in [3.05, 3.63) is 30.3 Å². The lowest BCUT2D eigenvalue weighted by atomic mass is 10.3. The Bertz CT molecular complexity index is 404. The van der Waals surface area contributed by atoms with E-state index < -0.39 is 0 Å². The van der Waals surface area contributed by atoms with E-state index in [2.05, 4.69) is 16.0 Å². The van der Waals surface area contributed by atoms with Crippen molar-refractivity contribution in [1.29, 1.82) is 0 Å². The quantitative estimate of drug-likeness (QED) is 0.520. The summed E-state index contributed by atoms with van der Waals surface area (Å²) >= 11 is 0. The molecular formula is C13H22Cl2N4O2. The minimum absolute atomic E-state index is 0. The molecule has 0 aliphatic heterocycles. The summed E-state index contributed by atoms with van der Waals surface area (Å²) in [6.45, 7) is 1.22. The first kappa shape index (κ1) is 21.8. The molecule has 0 aliphatic carbocycles. The van der Waals surface area contributed by atoms with Crippen LogP contribution in [0.3, 0.4) is 0 Å². The van der Waals surface area contributed by atoms with Crippen LogP contribution in [0.1, 0.15) is 6.42 Å². The summed E-state index contributed by atoms with van der Waals surface area (Å²) in [5.41, 5.74) is 6.16. The Balaban J connectivity index is 0. The van der Waals surface area contributed by atoms with Gasteiger partial charge in [0.1, 0.15) is 0 Å². The second-order valence-corrected chi connectivity index (χ2v) is 3.98. The molecule has 0 saturated heterocycles. The Morgan fingerprint density at radius 3 is 2.24 bits per heavy atom. The van der Waals surface area contributed by atoms with E-state index in [4.69, 9.17) is 5.73 Å². The highest BCUT2D eigenvalue weighted by atomic mass is 35.5. The van der Waals surface area contributed by atoms with Gasteiger partial charge >= 0.3 is 0 Å². The number of benzene rings is 1. The van der Waals surface area contributed by atoms with Crippen molar-refractivity contribution < 1.29 is 9.59 Å². The number of amides is 2. The van der Waals surface area contributed by atoms with Gasteiger partial charge in [-0.05, 0) is 18.6 Å². The second-order valence-electron chi connectivity index (χ2n) is 3.98. The third kappa shape index (κ3) is 10.9. The van der Waals surface area contributed by atoms with E-state index in [1.54, 1.807) is 0 Å². The van der Waals surface area contributed by atoms with Crippen LogP contribution in [0.2, 0.25) is 0 Å². The Morgan fingerprint density at radius 2 is 1.62 bits per heavy atom. The lowest BCUT2D eigenvalue weighted by Crippen LogP contribution is -2.39. The molecule has 8 heteroatoms. The van der Waals surface area contributed by atoms with Gasteiger partial charge in [0.2, 0.25) is 11.8 Å². The smallest absolute Gasteiger partial charge is 0.239 e. The van der Waals surface area contributed by atoms with Crippen LogP contribution in [-0.2, 0) is 9.59 Å². The number of carbonyl (C=O) groups is 2. The average molecular weight is 337 g/mol. The van der Waals surface area contributed by atoms with Crippen molar-refractivity contribution in [3.63, 3.8) is 0 Å². The first-order valence-corrected chi connectivity index (χ1v) is 6.24.